The molecular formula is C9H17NO3. The molecule has 0 bridgehead atoms. The minimum atomic E-state index is -0.531. The predicted molar refractivity (Wildman–Crippen MR) is 50.4 cm³/mol. The van der Waals surface area contributed by atoms with Gasteiger partial charge >= 0.3 is 6.09 Å². The van der Waals surface area contributed by atoms with Crippen molar-refractivity contribution in [1.82, 2.24) is 5.32 Å². The summed E-state index contributed by atoms with van der Waals surface area (Å²) in [7, 11) is 0. The fourth-order valence-electron chi connectivity index (χ4n) is 0.609. The molecule has 0 aromatic carbocycles. The van der Waals surface area contributed by atoms with Gasteiger partial charge in [-0.3, -0.25) is 0 Å². The average Bonchev–Trinajstić information content (AvgIpc) is 2.10. The van der Waals surface area contributed by atoms with Crippen LogP contribution in [0.5, 0.6) is 0 Å². The molecule has 0 aliphatic carbocycles. The van der Waals surface area contributed by atoms with E-state index in [9.17, 15) is 9.90 Å². The number of alkyl carbamates (subject to hydrolysis) is 1. The first-order valence-electron chi connectivity index (χ1n) is 4.27. The molecule has 13 heavy (non-hydrogen) atoms. The summed E-state index contributed by atoms with van der Waals surface area (Å²) in [5.41, 5.74) is 0. The lowest BCUT2D eigenvalue weighted by Crippen LogP contribution is -2.35. The summed E-state index contributed by atoms with van der Waals surface area (Å²) in [5.74, 6) is 0.125. The van der Waals surface area contributed by atoms with Gasteiger partial charge in [0.2, 0.25) is 0 Å². The van der Waals surface area contributed by atoms with Crippen molar-refractivity contribution in [3.05, 3.63) is 12.7 Å². The third-order valence-corrected chi connectivity index (χ3v) is 1.56. The number of ether oxygens (including phenoxy) is 1. The summed E-state index contributed by atoms with van der Waals surface area (Å²) in [5, 5.41) is 11.7. The van der Waals surface area contributed by atoms with Gasteiger partial charge in [-0.05, 0) is 5.92 Å². The van der Waals surface area contributed by atoms with E-state index < -0.39 is 12.2 Å². The summed E-state index contributed by atoms with van der Waals surface area (Å²) in [4.78, 5) is 10.8. The molecule has 0 aliphatic rings. The molecule has 4 nitrogen and oxygen atoms in total. The number of amides is 1. The maximum absolute atomic E-state index is 10.8. The molecule has 1 unspecified atom stereocenters. The first kappa shape index (κ1) is 12.0. The number of hydrogen-bond acceptors (Lipinski definition) is 3. The van der Waals surface area contributed by atoms with Gasteiger partial charge < -0.3 is 15.2 Å². The molecule has 76 valence electrons. The number of hydrogen-bond donors (Lipinski definition) is 2. The summed E-state index contributed by atoms with van der Waals surface area (Å²) >= 11 is 0. The van der Waals surface area contributed by atoms with Crippen LogP contribution in [0.2, 0.25) is 0 Å². The summed E-state index contributed by atoms with van der Waals surface area (Å²) < 4.78 is 4.64. The normalized spacial score (nSPS) is 12.3. The van der Waals surface area contributed by atoms with Crippen LogP contribution in [0.3, 0.4) is 0 Å². The van der Waals surface area contributed by atoms with Crippen LogP contribution in [0.1, 0.15) is 13.8 Å². The van der Waals surface area contributed by atoms with Crippen molar-refractivity contribution in [3.8, 4) is 0 Å². The topological polar surface area (TPSA) is 58.6 Å². The van der Waals surface area contributed by atoms with Crippen LogP contribution in [-0.2, 0) is 4.74 Å². The standard InChI is InChI=1S/C9H17NO3/c1-4-5-13-9(12)10-6-8(11)7(2)3/h4,7-8,11H,1,5-6H2,2-3H3,(H,10,12). The van der Waals surface area contributed by atoms with Crippen LogP contribution in [-0.4, -0.2) is 30.5 Å². The quantitative estimate of drug-likeness (QED) is 0.629. The molecule has 1 atom stereocenters. The zero-order valence-electron chi connectivity index (χ0n) is 8.12. The summed E-state index contributed by atoms with van der Waals surface area (Å²) in [6, 6.07) is 0. The Labute approximate surface area is 78.6 Å². The molecule has 0 rings (SSSR count). The molecule has 0 heterocycles. The molecule has 0 radical (unpaired) electrons. The predicted octanol–water partition coefficient (Wildman–Crippen LogP) is 0.915. The number of aliphatic hydroxyl groups excluding tert-OH is 1. The zero-order chi connectivity index (χ0) is 10.3. The molecule has 0 fully saturated rings. The van der Waals surface area contributed by atoms with E-state index in [-0.39, 0.29) is 19.1 Å². The van der Waals surface area contributed by atoms with E-state index in [4.69, 9.17) is 0 Å². The maximum atomic E-state index is 10.8. The van der Waals surface area contributed by atoms with Gasteiger partial charge in [0, 0.05) is 6.54 Å². The Morgan fingerprint density at radius 2 is 2.31 bits per heavy atom. The summed E-state index contributed by atoms with van der Waals surface area (Å²) in [6.45, 7) is 7.55. The molecule has 0 aliphatic heterocycles. The molecule has 0 aromatic rings. The Morgan fingerprint density at radius 1 is 1.69 bits per heavy atom. The SMILES string of the molecule is C=CCOC(=O)NCC(O)C(C)C. The third kappa shape index (κ3) is 6.16. The third-order valence-electron chi connectivity index (χ3n) is 1.56. The van der Waals surface area contributed by atoms with Crippen LogP contribution in [0, 0.1) is 5.92 Å². The smallest absolute Gasteiger partial charge is 0.407 e. The van der Waals surface area contributed by atoms with E-state index in [1.54, 1.807) is 0 Å². The van der Waals surface area contributed by atoms with Gasteiger partial charge in [-0.2, -0.15) is 0 Å². The lowest BCUT2D eigenvalue weighted by Gasteiger charge is -2.14. The van der Waals surface area contributed by atoms with Crippen molar-refractivity contribution in [2.24, 2.45) is 5.92 Å². The monoisotopic (exact) mass is 187 g/mol. The molecule has 1 amide bonds. The fourth-order valence-corrected chi connectivity index (χ4v) is 0.609. The van der Waals surface area contributed by atoms with E-state index in [0.717, 1.165) is 0 Å². The number of nitrogens with one attached hydrogen (secondary N) is 1. The van der Waals surface area contributed by atoms with Gasteiger partial charge in [-0.1, -0.05) is 26.5 Å². The zero-order valence-corrected chi connectivity index (χ0v) is 8.12. The fraction of sp³-hybridized carbons (Fsp3) is 0.667. The Hall–Kier alpha value is -1.03. The first-order valence-corrected chi connectivity index (χ1v) is 4.27. The van der Waals surface area contributed by atoms with Crippen molar-refractivity contribution < 1.29 is 14.6 Å². The highest BCUT2D eigenvalue weighted by Crippen LogP contribution is 1.98. The second-order valence-electron chi connectivity index (χ2n) is 3.08. The lowest BCUT2D eigenvalue weighted by molar-refractivity contribution is 0.112. The molecule has 0 aromatic heterocycles. The number of aliphatic hydroxyl groups is 1. The van der Waals surface area contributed by atoms with Crippen molar-refractivity contribution in [2.75, 3.05) is 13.2 Å². The van der Waals surface area contributed by atoms with Crippen LogP contribution < -0.4 is 5.32 Å². The van der Waals surface area contributed by atoms with Crippen molar-refractivity contribution in [1.29, 1.82) is 0 Å². The number of carbonyl (C=O) groups excluding carboxylic acids is 1. The van der Waals surface area contributed by atoms with Crippen LogP contribution in [0.4, 0.5) is 4.79 Å². The molecule has 0 saturated carbocycles. The van der Waals surface area contributed by atoms with E-state index in [1.165, 1.54) is 6.08 Å². The van der Waals surface area contributed by atoms with E-state index >= 15 is 0 Å². The first-order chi connectivity index (χ1) is 6.07. The van der Waals surface area contributed by atoms with Gasteiger partial charge in [0.15, 0.2) is 0 Å². The van der Waals surface area contributed by atoms with Crippen LogP contribution in [0.15, 0.2) is 12.7 Å². The Balaban J connectivity index is 3.51. The van der Waals surface area contributed by atoms with Crippen molar-refractivity contribution in [2.45, 2.75) is 20.0 Å². The molecule has 2 N–H and O–H groups in total. The molecule has 0 saturated heterocycles. The number of carbonyl (C=O) groups is 1. The Kier molecular flexibility index (Phi) is 5.97. The van der Waals surface area contributed by atoms with E-state index in [2.05, 4.69) is 16.6 Å². The second kappa shape index (κ2) is 6.48. The second-order valence-corrected chi connectivity index (χ2v) is 3.08. The maximum Gasteiger partial charge on any atom is 0.407 e. The van der Waals surface area contributed by atoms with Crippen LogP contribution >= 0.6 is 0 Å². The Morgan fingerprint density at radius 3 is 2.77 bits per heavy atom. The minimum Gasteiger partial charge on any atom is -0.445 e. The highest BCUT2D eigenvalue weighted by molar-refractivity contribution is 5.67. The minimum absolute atomic E-state index is 0.125. The highest BCUT2D eigenvalue weighted by atomic mass is 16.5. The van der Waals surface area contributed by atoms with E-state index in [0.29, 0.717) is 0 Å². The van der Waals surface area contributed by atoms with Crippen molar-refractivity contribution >= 4 is 6.09 Å². The van der Waals surface area contributed by atoms with Gasteiger partial charge in [0.25, 0.3) is 0 Å². The van der Waals surface area contributed by atoms with Gasteiger partial charge in [-0.25, -0.2) is 4.79 Å². The van der Waals surface area contributed by atoms with E-state index in [1.807, 2.05) is 13.8 Å². The molecule has 4 heteroatoms. The lowest BCUT2D eigenvalue weighted by atomic mass is 10.1. The number of rotatable bonds is 5. The highest BCUT2D eigenvalue weighted by Gasteiger charge is 2.10. The largest absolute Gasteiger partial charge is 0.445 e. The Bertz CT molecular complexity index is 168. The molecule has 0 spiro atoms. The summed E-state index contributed by atoms with van der Waals surface area (Å²) in [6.07, 6.45) is 0.425. The average molecular weight is 187 g/mol. The van der Waals surface area contributed by atoms with Crippen molar-refractivity contribution in [3.63, 3.8) is 0 Å². The molecular weight excluding hydrogens is 170 g/mol. The van der Waals surface area contributed by atoms with Gasteiger partial charge in [0.1, 0.15) is 6.61 Å². The van der Waals surface area contributed by atoms with Gasteiger partial charge in [-0.15, -0.1) is 0 Å². The van der Waals surface area contributed by atoms with Crippen LogP contribution in [0.25, 0.3) is 0 Å². The van der Waals surface area contributed by atoms with Gasteiger partial charge in [0.05, 0.1) is 6.10 Å².